The molecule has 19 heavy (non-hydrogen) atoms. The molecular weight excluding hydrogens is 306 g/mol. The van der Waals surface area contributed by atoms with Crippen LogP contribution in [0.1, 0.15) is 41.6 Å². The van der Waals surface area contributed by atoms with Crippen molar-refractivity contribution in [1.82, 2.24) is 5.32 Å². The Kier molecular flexibility index (Phi) is 4.86. The van der Waals surface area contributed by atoms with Crippen molar-refractivity contribution in [2.45, 2.75) is 43.5 Å². The van der Waals surface area contributed by atoms with E-state index in [2.05, 4.69) is 21.2 Å². The predicted molar refractivity (Wildman–Crippen MR) is 80.2 cm³/mol. The Labute approximate surface area is 122 Å². The van der Waals surface area contributed by atoms with Gasteiger partial charge in [-0.25, -0.2) is 0 Å². The van der Waals surface area contributed by atoms with Gasteiger partial charge in [0, 0.05) is 16.4 Å². The van der Waals surface area contributed by atoms with Crippen LogP contribution in [-0.2, 0) is 0 Å². The zero-order chi connectivity index (χ0) is 13.8. The molecule has 0 saturated heterocycles. The first kappa shape index (κ1) is 14.4. The Morgan fingerprint density at radius 3 is 2.79 bits per heavy atom. The van der Waals surface area contributed by atoms with Crippen LogP contribution in [0.4, 0.5) is 0 Å². The Morgan fingerprint density at radius 1 is 1.37 bits per heavy atom. The van der Waals surface area contributed by atoms with Crippen molar-refractivity contribution < 1.29 is 9.53 Å². The van der Waals surface area contributed by atoms with Gasteiger partial charge >= 0.3 is 0 Å². The summed E-state index contributed by atoms with van der Waals surface area (Å²) in [5.41, 5.74) is 1.70. The number of hydrogen-bond donors (Lipinski definition) is 1. The summed E-state index contributed by atoms with van der Waals surface area (Å²) >= 11 is 3.66. The lowest BCUT2D eigenvalue weighted by atomic mass is 9.95. The average Bonchev–Trinajstić information content (AvgIpc) is 2.42. The number of benzene rings is 1. The van der Waals surface area contributed by atoms with Crippen molar-refractivity contribution in [3.05, 3.63) is 29.3 Å². The molecule has 0 radical (unpaired) electrons. The molecule has 3 nitrogen and oxygen atoms in total. The highest BCUT2D eigenvalue weighted by molar-refractivity contribution is 9.09. The van der Waals surface area contributed by atoms with Gasteiger partial charge in [-0.2, -0.15) is 0 Å². The average molecular weight is 326 g/mol. The van der Waals surface area contributed by atoms with Gasteiger partial charge in [-0.3, -0.25) is 4.79 Å². The van der Waals surface area contributed by atoms with Crippen molar-refractivity contribution in [3.63, 3.8) is 0 Å². The summed E-state index contributed by atoms with van der Waals surface area (Å²) in [4.78, 5) is 12.6. The topological polar surface area (TPSA) is 38.3 Å². The van der Waals surface area contributed by atoms with Crippen LogP contribution in [0.15, 0.2) is 18.2 Å². The van der Waals surface area contributed by atoms with Crippen molar-refractivity contribution >= 4 is 21.8 Å². The molecule has 2 rings (SSSR count). The van der Waals surface area contributed by atoms with E-state index in [1.165, 1.54) is 12.8 Å². The third kappa shape index (κ3) is 3.50. The van der Waals surface area contributed by atoms with E-state index < -0.39 is 0 Å². The molecule has 2 unspecified atom stereocenters. The van der Waals surface area contributed by atoms with Crippen molar-refractivity contribution in [2.24, 2.45) is 0 Å². The summed E-state index contributed by atoms with van der Waals surface area (Å²) in [6.45, 7) is 1.97. The summed E-state index contributed by atoms with van der Waals surface area (Å²) in [5.74, 6) is 0.737. The van der Waals surface area contributed by atoms with Crippen LogP contribution in [0.25, 0.3) is 0 Å². The molecule has 2 atom stereocenters. The normalized spacial score (nSPS) is 22.9. The van der Waals surface area contributed by atoms with E-state index in [-0.39, 0.29) is 11.9 Å². The van der Waals surface area contributed by atoms with Gasteiger partial charge in [-0.15, -0.1) is 0 Å². The predicted octanol–water partition coefficient (Wildman–Crippen LogP) is 3.44. The maximum Gasteiger partial charge on any atom is 0.251 e. The van der Waals surface area contributed by atoms with Gasteiger partial charge in [-0.05, 0) is 37.5 Å². The smallest absolute Gasteiger partial charge is 0.251 e. The molecule has 4 heteroatoms. The van der Waals surface area contributed by atoms with E-state index in [0.29, 0.717) is 10.4 Å². The summed E-state index contributed by atoms with van der Waals surface area (Å²) in [7, 11) is 1.62. The highest BCUT2D eigenvalue weighted by Gasteiger charge is 2.24. The number of carbonyl (C=O) groups excluding carboxylic acids is 1. The van der Waals surface area contributed by atoms with Crippen molar-refractivity contribution in [3.8, 4) is 5.75 Å². The van der Waals surface area contributed by atoms with E-state index in [0.717, 1.165) is 24.2 Å². The van der Waals surface area contributed by atoms with E-state index in [1.54, 1.807) is 13.2 Å². The first-order chi connectivity index (χ1) is 9.11. The molecule has 1 saturated carbocycles. The first-order valence-corrected chi connectivity index (χ1v) is 7.63. The largest absolute Gasteiger partial charge is 0.496 e. The first-order valence-electron chi connectivity index (χ1n) is 6.71. The Hall–Kier alpha value is -1.03. The van der Waals surface area contributed by atoms with Gasteiger partial charge in [0.25, 0.3) is 5.91 Å². The molecule has 1 N–H and O–H groups in total. The Bertz CT molecular complexity index is 461. The van der Waals surface area contributed by atoms with E-state index in [9.17, 15) is 4.79 Å². The maximum absolute atomic E-state index is 12.3. The van der Waals surface area contributed by atoms with Gasteiger partial charge in [-0.1, -0.05) is 34.8 Å². The van der Waals surface area contributed by atoms with E-state index in [1.807, 2.05) is 19.1 Å². The standard InChI is InChI=1S/C15H20BrNO2/c1-10-7-8-11(9-14(10)19-2)15(18)17-13-6-4-3-5-12(13)16/h7-9,12-13H,3-6H2,1-2H3,(H,17,18). The van der Waals surface area contributed by atoms with Crippen LogP contribution in [0.5, 0.6) is 5.75 Å². The molecule has 1 fully saturated rings. The maximum atomic E-state index is 12.3. The molecule has 0 bridgehead atoms. The van der Waals surface area contributed by atoms with Gasteiger partial charge < -0.3 is 10.1 Å². The minimum atomic E-state index is -0.0188. The van der Waals surface area contributed by atoms with Crippen LogP contribution < -0.4 is 10.1 Å². The highest BCUT2D eigenvalue weighted by Crippen LogP contribution is 2.25. The van der Waals surface area contributed by atoms with Crippen LogP contribution in [0.3, 0.4) is 0 Å². The molecule has 1 aliphatic rings. The van der Waals surface area contributed by atoms with Crippen LogP contribution in [0, 0.1) is 6.92 Å². The number of carbonyl (C=O) groups is 1. The van der Waals surface area contributed by atoms with Crippen LogP contribution in [0.2, 0.25) is 0 Å². The molecule has 1 amide bonds. The number of nitrogens with one attached hydrogen (secondary N) is 1. The number of aryl methyl sites for hydroxylation is 1. The van der Waals surface area contributed by atoms with Crippen LogP contribution in [-0.4, -0.2) is 23.9 Å². The third-order valence-electron chi connectivity index (χ3n) is 3.67. The molecule has 1 aromatic rings. The number of hydrogen-bond acceptors (Lipinski definition) is 2. The van der Waals surface area contributed by atoms with E-state index >= 15 is 0 Å². The Balaban J connectivity index is 2.07. The molecule has 0 spiro atoms. The second kappa shape index (κ2) is 6.42. The summed E-state index contributed by atoms with van der Waals surface area (Å²) < 4.78 is 5.26. The van der Waals surface area contributed by atoms with Gasteiger partial charge in [0.15, 0.2) is 0 Å². The number of alkyl halides is 1. The van der Waals surface area contributed by atoms with E-state index in [4.69, 9.17) is 4.74 Å². The van der Waals surface area contributed by atoms with Gasteiger partial charge in [0.2, 0.25) is 0 Å². The number of methoxy groups -OCH3 is 1. The zero-order valence-electron chi connectivity index (χ0n) is 11.4. The zero-order valence-corrected chi connectivity index (χ0v) is 13.0. The van der Waals surface area contributed by atoms with Crippen molar-refractivity contribution in [1.29, 1.82) is 0 Å². The molecule has 0 aromatic heterocycles. The number of amides is 1. The quantitative estimate of drug-likeness (QED) is 0.864. The second-order valence-corrected chi connectivity index (χ2v) is 6.24. The fourth-order valence-corrected chi connectivity index (χ4v) is 3.18. The molecule has 0 aliphatic heterocycles. The molecular formula is C15H20BrNO2. The summed E-state index contributed by atoms with van der Waals surface area (Å²) in [5, 5.41) is 3.11. The lowest BCUT2D eigenvalue weighted by molar-refractivity contribution is 0.0929. The molecule has 0 heterocycles. The summed E-state index contributed by atoms with van der Waals surface area (Å²) in [6, 6.07) is 5.80. The number of halogens is 1. The molecule has 104 valence electrons. The van der Waals surface area contributed by atoms with Crippen LogP contribution >= 0.6 is 15.9 Å². The lowest BCUT2D eigenvalue weighted by Crippen LogP contribution is -2.42. The second-order valence-electron chi connectivity index (χ2n) is 5.06. The minimum absolute atomic E-state index is 0.0188. The minimum Gasteiger partial charge on any atom is -0.496 e. The monoisotopic (exact) mass is 325 g/mol. The fraction of sp³-hybridized carbons (Fsp3) is 0.533. The number of ether oxygens (including phenoxy) is 1. The fourth-order valence-electron chi connectivity index (χ4n) is 2.46. The molecule has 1 aromatic carbocycles. The third-order valence-corrected chi connectivity index (χ3v) is 4.76. The molecule has 1 aliphatic carbocycles. The Morgan fingerprint density at radius 2 is 2.11 bits per heavy atom. The van der Waals surface area contributed by atoms with Gasteiger partial charge in [0.05, 0.1) is 7.11 Å². The van der Waals surface area contributed by atoms with Crippen molar-refractivity contribution in [2.75, 3.05) is 7.11 Å². The SMILES string of the molecule is COc1cc(C(=O)NC2CCCCC2Br)ccc1C. The number of rotatable bonds is 3. The van der Waals surface area contributed by atoms with Gasteiger partial charge in [0.1, 0.15) is 5.75 Å². The highest BCUT2D eigenvalue weighted by atomic mass is 79.9. The lowest BCUT2D eigenvalue weighted by Gasteiger charge is -2.28. The summed E-state index contributed by atoms with van der Waals surface area (Å²) in [6.07, 6.45) is 4.59.